The van der Waals surface area contributed by atoms with Crippen LogP contribution in [-0.2, 0) is 0 Å². The van der Waals surface area contributed by atoms with Crippen LogP contribution in [0.1, 0.15) is 92.4 Å². The largest absolute Gasteiger partial charge is 0.389 e. The topological polar surface area (TPSA) is 40.5 Å². The van der Waals surface area contributed by atoms with Gasteiger partial charge in [0, 0.05) is 0 Å². The number of fused-ring (bicyclic) bond motifs is 5. The van der Waals surface area contributed by atoms with Crippen LogP contribution >= 0.6 is 0 Å². The SMILES string of the molecule is C=C(CC[C@@H](C)[C@H]1CC[C@H]2[C@@H]3C[C@H](O)C4=C[C@@H](O)CC[C@]4(C)[C@H]3CC[C@]12C)C(C)C. The summed E-state index contributed by atoms with van der Waals surface area (Å²) < 4.78 is 0. The van der Waals surface area contributed by atoms with Crippen LogP contribution in [0.4, 0.5) is 0 Å². The Labute approximate surface area is 185 Å². The van der Waals surface area contributed by atoms with Gasteiger partial charge in [-0.1, -0.05) is 52.8 Å². The monoisotopic (exact) mass is 414 g/mol. The van der Waals surface area contributed by atoms with E-state index in [0.717, 1.165) is 37.0 Å². The summed E-state index contributed by atoms with van der Waals surface area (Å²) in [6, 6.07) is 0. The highest BCUT2D eigenvalue weighted by Gasteiger charge is 2.60. The van der Waals surface area contributed by atoms with Crippen LogP contribution in [-0.4, -0.2) is 22.4 Å². The molecule has 4 rings (SSSR count). The molecule has 0 aromatic heterocycles. The molecule has 0 aliphatic heterocycles. The van der Waals surface area contributed by atoms with Crippen molar-refractivity contribution >= 4 is 0 Å². The number of rotatable bonds is 5. The molecule has 0 unspecified atom stereocenters. The van der Waals surface area contributed by atoms with Gasteiger partial charge in [0.05, 0.1) is 12.2 Å². The Morgan fingerprint density at radius 2 is 1.80 bits per heavy atom. The zero-order valence-corrected chi connectivity index (χ0v) is 20.2. The van der Waals surface area contributed by atoms with Crippen molar-refractivity contribution in [2.45, 2.75) is 105 Å². The number of hydrogen-bond donors (Lipinski definition) is 2. The molecule has 0 radical (unpaired) electrons. The summed E-state index contributed by atoms with van der Waals surface area (Å²) in [6.45, 7) is 16.4. The normalized spacial score (nSPS) is 46.6. The Hall–Kier alpha value is -0.600. The molecule has 2 heteroatoms. The van der Waals surface area contributed by atoms with Gasteiger partial charge in [-0.05, 0) is 110 Å². The average molecular weight is 415 g/mol. The van der Waals surface area contributed by atoms with E-state index in [-0.39, 0.29) is 17.6 Å². The molecule has 0 bridgehead atoms. The summed E-state index contributed by atoms with van der Waals surface area (Å²) >= 11 is 0. The number of hydrogen-bond acceptors (Lipinski definition) is 2. The van der Waals surface area contributed by atoms with E-state index in [9.17, 15) is 10.2 Å². The third-order valence-electron chi connectivity index (χ3n) is 10.6. The van der Waals surface area contributed by atoms with Crippen molar-refractivity contribution in [3.05, 3.63) is 23.8 Å². The molecular formula is C28H46O2. The number of aliphatic hydroxyl groups excluding tert-OH is 2. The van der Waals surface area contributed by atoms with E-state index in [1.165, 1.54) is 49.7 Å². The van der Waals surface area contributed by atoms with Gasteiger partial charge in [0.25, 0.3) is 0 Å². The molecule has 0 spiro atoms. The van der Waals surface area contributed by atoms with E-state index in [2.05, 4.69) is 41.2 Å². The first kappa shape index (κ1) is 22.6. The Kier molecular flexibility index (Phi) is 6.08. The lowest BCUT2D eigenvalue weighted by molar-refractivity contribution is -0.0873. The fraction of sp³-hybridized carbons (Fsp3) is 0.857. The molecule has 4 aliphatic carbocycles. The molecule has 0 amide bonds. The Balaban J connectivity index is 1.52. The second-order valence-electron chi connectivity index (χ2n) is 12.3. The lowest BCUT2D eigenvalue weighted by atomic mass is 9.46. The smallest absolute Gasteiger partial charge is 0.0759 e. The highest BCUT2D eigenvalue weighted by atomic mass is 16.3. The molecule has 0 aromatic rings. The van der Waals surface area contributed by atoms with E-state index in [0.29, 0.717) is 23.2 Å². The van der Waals surface area contributed by atoms with E-state index in [1.807, 2.05) is 6.08 Å². The molecular weight excluding hydrogens is 368 g/mol. The molecule has 2 N–H and O–H groups in total. The second-order valence-corrected chi connectivity index (χ2v) is 12.3. The first-order chi connectivity index (χ1) is 14.1. The zero-order valence-electron chi connectivity index (χ0n) is 20.2. The average Bonchev–Trinajstić information content (AvgIpc) is 3.04. The second kappa shape index (κ2) is 8.07. The summed E-state index contributed by atoms with van der Waals surface area (Å²) in [5, 5.41) is 21.3. The van der Waals surface area contributed by atoms with Gasteiger partial charge in [-0.15, -0.1) is 0 Å². The Bertz CT molecular complexity index is 693. The van der Waals surface area contributed by atoms with Crippen LogP contribution in [0.5, 0.6) is 0 Å². The Morgan fingerprint density at radius 1 is 1.07 bits per heavy atom. The maximum absolute atomic E-state index is 11.1. The summed E-state index contributed by atoms with van der Waals surface area (Å²) in [5.74, 6) is 4.28. The van der Waals surface area contributed by atoms with Gasteiger partial charge >= 0.3 is 0 Å². The van der Waals surface area contributed by atoms with Crippen LogP contribution in [0.3, 0.4) is 0 Å². The van der Waals surface area contributed by atoms with Gasteiger partial charge in [0.1, 0.15) is 0 Å². The van der Waals surface area contributed by atoms with E-state index >= 15 is 0 Å². The molecule has 2 nitrogen and oxygen atoms in total. The van der Waals surface area contributed by atoms with Gasteiger partial charge < -0.3 is 10.2 Å². The van der Waals surface area contributed by atoms with Crippen molar-refractivity contribution in [3.63, 3.8) is 0 Å². The minimum absolute atomic E-state index is 0.0988. The van der Waals surface area contributed by atoms with Crippen LogP contribution in [0, 0.1) is 46.3 Å². The molecule has 4 aliphatic rings. The maximum atomic E-state index is 11.1. The molecule has 9 atom stereocenters. The molecule has 170 valence electrons. The van der Waals surface area contributed by atoms with Crippen molar-refractivity contribution in [1.29, 1.82) is 0 Å². The third kappa shape index (κ3) is 3.54. The molecule has 0 heterocycles. The van der Waals surface area contributed by atoms with Crippen LogP contribution in [0.2, 0.25) is 0 Å². The maximum Gasteiger partial charge on any atom is 0.0759 e. The van der Waals surface area contributed by atoms with Gasteiger partial charge in [-0.3, -0.25) is 0 Å². The fourth-order valence-corrected chi connectivity index (χ4v) is 8.63. The number of aliphatic hydroxyl groups is 2. The van der Waals surface area contributed by atoms with Gasteiger partial charge in [0.2, 0.25) is 0 Å². The fourth-order valence-electron chi connectivity index (χ4n) is 8.63. The molecule has 0 aromatic carbocycles. The van der Waals surface area contributed by atoms with Crippen LogP contribution < -0.4 is 0 Å². The lowest BCUT2D eigenvalue weighted by Crippen LogP contribution is -2.54. The first-order valence-electron chi connectivity index (χ1n) is 12.8. The highest BCUT2D eigenvalue weighted by Crippen LogP contribution is 2.67. The quantitative estimate of drug-likeness (QED) is 0.502. The lowest BCUT2D eigenvalue weighted by Gasteiger charge is -2.60. The summed E-state index contributed by atoms with van der Waals surface area (Å²) in [4.78, 5) is 0. The van der Waals surface area contributed by atoms with Gasteiger partial charge in [0.15, 0.2) is 0 Å². The van der Waals surface area contributed by atoms with Crippen molar-refractivity contribution < 1.29 is 10.2 Å². The van der Waals surface area contributed by atoms with Gasteiger partial charge in [-0.25, -0.2) is 0 Å². The van der Waals surface area contributed by atoms with Crippen molar-refractivity contribution in [3.8, 4) is 0 Å². The number of allylic oxidation sites excluding steroid dienone is 1. The minimum atomic E-state index is -0.356. The standard InChI is InChI=1S/C28H46O2/c1-17(2)18(3)7-8-19(4)22-9-10-23-21-16-26(30)25-15-20(29)11-13-28(25,6)24(21)12-14-27(22,23)5/h15,17,19-24,26,29-30H,3,7-14,16H2,1-2,4-6H3/t19-,20+,21+,22-,23+,24+,26+,27-,28-/m1/s1. The van der Waals surface area contributed by atoms with E-state index < -0.39 is 0 Å². The van der Waals surface area contributed by atoms with Crippen LogP contribution in [0.25, 0.3) is 0 Å². The highest BCUT2D eigenvalue weighted by molar-refractivity contribution is 5.29. The summed E-state index contributed by atoms with van der Waals surface area (Å²) in [5.41, 5.74) is 3.11. The van der Waals surface area contributed by atoms with E-state index in [1.54, 1.807) is 0 Å². The van der Waals surface area contributed by atoms with Gasteiger partial charge in [-0.2, -0.15) is 0 Å². The van der Waals surface area contributed by atoms with Crippen LogP contribution in [0.15, 0.2) is 23.8 Å². The molecule has 30 heavy (non-hydrogen) atoms. The summed E-state index contributed by atoms with van der Waals surface area (Å²) in [6.07, 6.45) is 12.0. The first-order valence-corrected chi connectivity index (χ1v) is 12.8. The predicted molar refractivity (Wildman–Crippen MR) is 125 cm³/mol. The van der Waals surface area contributed by atoms with Crippen molar-refractivity contribution in [2.24, 2.45) is 46.3 Å². The molecule has 3 saturated carbocycles. The Morgan fingerprint density at radius 3 is 2.50 bits per heavy atom. The van der Waals surface area contributed by atoms with Crippen molar-refractivity contribution in [2.75, 3.05) is 0 Å². The summed E-state index contributed by atoms with van der Waals surface area (Å²) in [7, 11) is 0. The molecule has 0 saturated heterocycles. The molecule has 3 fully saturated rings. The minimum Gasteiger partial charge on any atom is -0.389 e. The van der Waals surface area contributed by atoms with E-state index in [4.69, 9.17) is 0 Å². The van der Waals surface area contributed by atoms with Crippen molar-refractivity contribution in [1.82, 2.24) is 0 Å². The zero-order chi connectivity index (χ0) is 21.8. The third-order valence-corrected chi connectivity index (χ3v) is 10.6. The predicted octanol–water partition coefficient (Wildman–Crippen LogP) is 6.53.